The normalized spacial score (nSPS) is 10.8. The highest BCUT2D eigenvalue weighted by Gasteiger charge is 2.14. The molecule has 27 heavy (non-hydrogen) atoms. The molecule has 0 atom stereocenters. The molecule has 0 saturated heterocycles. The highest BCUT2D eigenvalue weighted by Crippen LogP contribution is 2.31. The number of hydrogen-bond donors (Lipinski definition) is 2. The molecule has 0 fully saturated rings. The van der Waals surface area contributed by atoms with Gasteiger partial charge in [-0.25, -0.2) is 4.98 Å². The molecule has 2 heterocycles. The lowest BCUT2D eigenvalue weighted by Gasteiger charge is -2.05. The predicted octanol–water partition coefficient (Wildman–Crippen LogP) is 3.97. The van der Waals surface area contributed by atoms with Crippen LogP contribution in [-0.4, -0.2) is 32.8 Å². The Morgan fingerprint density at radius 3 is 2.78 bits per heavy atom. The van der Waals surface area contributed by atoms with Crippen molar-refractivity contribution in [1.82, 2.24) is 19.7 Å². The number of rotatable bonds is 7. The molecule has 3 rings (SSSR count). The summed E-state index contributed by atoms with van der Waals surface area (Å²) in [5.41, 5.74) is 1.83. The predicted molar refractivity (Wildman–Crippen MR) is 109 cm³/mol. The summed E-state index contributed by atoms with van der Waals surface area (Å²) in [5.74, 6) is 1.40. The van der Waals surface area contributed by atoms with Gasteiger partial charge in [0.1, 0.15) is 18.1 Å². The second-order valence-electron chi connectivity index (χ2n) is 5.98. The van der Waals surface area contributed by atoms with Crippen LogP contribution in [0.3, 0.4) is 0 Å². The van der Waals surface area contributed by atoms with E-state index in [0.29, 0.717) is 9.90 Å². The number of aromatic nitrogens is 4. The Hall–Kier alpha value is -2.52. The molecule has 0 spiro atoms. The van der Waals surface area contributed by atoms with Gasteiger partial charge in [-0.05, 0) is 49.8 Å². The van der Waals surface area contributed by atoms with E-state index in [4.69, 9.17) is 17.0 Å². The fourth-order valence-corrected chi connectivity index (χ4v) is 3.76. The first-order valence-corrected chi connectivity index (χ1v) is 9.80. The standard InChI is InChI=1S/C18H21N5O2S2/c1-4-5-14-21-22-18(26)23(14)10-15(24)19-17-20-16(11(2)27-17)12-6-8-13(25-3)9-7-12/h6-9H,4-5,10H2,1-3H3,(H,22,26)(H,19,20,24). The molecule has 9 heteroatoms. The van der Waals surface area contributed by atoms with E-state index < -0.39 is 0 Å². The molecule has 1 aromatic carbocycles. The van der Waals surface area contributed by atoms with Gasteiger partial charge in [-0.3, -0.25) is 14.5 Å². The Balaban J connectivity index is 1.74. The minimum Gasteiger partial charge on any atom is -0.497 e. The van der Waals surface area contributed by atoms with Crippen LogP contribution in [0.15, 0.2) is 24.3 Å². The Kier molecular flexibility index (Phi) is 6.02. The zero-order valence-electron chi connectivity index (χ0n) is 15.4. The third-order valence-electron chi connectivity index (χ3n) is 4.02. The number of thiazole rings is 1. The lowest BCUT2D eigenvalue weighted by Crippen LogP contribution is -2.20. The number of anilines is 1. The highest BCUT2D eigenvalue weighted by atomic mass is 32.1. The monoisotopic (exact) mass is 403 g/mol. The van der Waals surface area contributed by atoms with E-state index in [0.717, 1.165) is 40.6 Å². The van der Waals surface area contributed by atoms with E-state index in [1.807, 2.05) is 31.2 Å². The van der Waals surface area contributed by atoms with Crippen molar-refractivity contribution in [3.05, 3.63) is 39.7 Å². The lowest BCUT2D eigenvalue weighted by atomic mass is 10.1. The fourth-order valence-electron chi connectivity index (χ4n) is 2.70. The summed E-state index contributed by atoms with van der Waals surface area (Å²) in [6.07, 6.45) is 1.69. The number of ether oxygens (including phenoxy) is 1. The summed E-state index contributed by atoms with van der Waals surface area (Å²) in [6.45, 7) is 4.15. The van der Waals surface area contributed by atoms with Gasteiger partial charge in [0.15, 0.2) is 9.90 Å². The van der Waals surface area contributed by atoms with E-state index in [-0.39, 0.29) is 12.5 Å². The van der Waals surface area contributed by atoms with Crippen molar-refractivity contribution in [1.29, 1.82) is 0 Å². The smallest absolute Gasteiger partial charge is 0.246 e. The molecule has 7 nitrogen and oxygen atoms in total. The number of nitrogens with zero attached hydrogens (tertiary/aromatic N) is 3. The fraction of sp³-hybridized carbons (Fsp3) is 0.333. The van der Waals surface area contributed by atoms with Gasteiger partial charge < -0.3 is 10.1 Å². The number of hydrogen-bond acceptors (Lipinski definition) is 6. The van der Waals surface area contributed by atoms with Crippen molar-refractivity contribution < 1.29 is 9.53 Å². The molecule has 3 aromatic rings. The van der Waals surface area contributed by atoms with Crippen LogP contribution in [0, 0.1) is 11.7 Å². The second-order valence-corrected chi connectivity index (χ2v) is 7.57. The molecule has 0 bridgehead atoms. The van der Waals surface area contributed by atoms with Gasteiger partial charge in [-0.2, -0.15) is 5.10 Å². The lowest BCUT2D eigenvalue weighted by molar-refractivity contribution is -0.116. The van der Waals surface area contributed by atoms with Gasteiger partial charge in [0.2, 0.25) is 5.91 Å². The summed E-state index contributed by atoms with van der Waals surface area (Å²) in [6, 6.07) is 7.69. The number of aryl methyl sites for hydroxylation is 2. The van der Waals surface area contributed by atoms with Crippen LogP contribution in [0.25, 0.3) is 11.3 Å². The maximum Gasteiger partial charge on any atom is 0.246 e. The number of amides is 1. The topological polar surface area (TPSA) is 84.8 Å². The summed E-state index contributed by atoms with van der Waals surface area (Å²) < 4.78 is 7.35. The van der Waals surface area contributed by atoms with Gasteiger partial charge in [-0.15, -0.1) is 11.3 Å². The minimum absolute atomic E-state index is 0.112. The molecule has 1 amide bonds. The first-order valence-electron chi connectivity index (χ1n) is 8.57. The van der Waals surface area contributed by atoms with Crippen LogP contribution in [-0.2, 0) is 17.8 Å². The second kappa shape index (κ2) is 8.45. The number of aromatic amines is 1. The average Bonchev–Trinajstić information content (AvgIpc) is 3.19. The van der Waals surface area contributed by atoms with Crippen LogP contribution < -0.4 is 10.1 Å². The molecule has 0 aliphatic heterocycles. The van der Waals surface area contributed by atoms with Gasteiger partial charge in [0, 0.05) is 16.9 Å². The van der Waals surface area contributed by atoms with Gasteiger partial charge in [0.05, 0.1) is 12.8 Å². The van der Waals surface area contributed by atoms with Crippen molar-refractivity contribution in [2.75, 3.05) is 12.4 Å². The zero-order chi connectivity index (χ0) is 19.4. The summed E-state index contributed by atoms with van der Waals surface area (Å²) >= 11 is 6.67. The molecule has 142 valence electrons. The Labute approximate surface area is 166 Å². The summed E-state index contributed by atoms with van der Waals surface area (Å²) in [5, 5.41) is 10.4. The molecular weight excluding hydrogens is 382 g/mol. The van der Waals surface area contributed by atoms with E-state index in [2.05, 4.69) is 27.4 Å². The average molecular weight is 404 g/mol. The number of benzene rings is 1. The van der Waals surface area contributed by atoms with E-state index in [9.17, 15) is 4.79 Å². The molecule has 0 saturated carbocycles. The molecule has 0 aliphatic rings. The zero-order valence-corrected chi connectivity index (χ0v) is 17.0. The Morgan fingerprint density at radius 2 is 2.11 bits per heavy atom. The number of H-pyrrole nitrogens is 1. The Bertz CT molecular complexity index is 988. The maximum absolute atomic E-state index is 12.5. The summed E-state index contributed by atoms with van der Waals surface area (Å²) in [4.78, 5) is 18.1. The van der Waals surface area contributed by atoms with Crippen LogP contribution >= 0.6 is 23.6 Å². The van der Waals surface area contributed by atoms with E-state index >= 15 is 0 Å². The maximum atomic E-state index is 12.5. The van der Waals surface area contributed by atoms with Gasteiger partial charge in [0.25, 0.3) is 0 Å². The largest absolute Gasteiger partial charge is 0.497 e. The number of carbonyl (C=O) groups excluding carboxylic acids is 1. The molecule has 0 radical (unpaired) electrons. The third kappa shape index (κ3) is 4.42. The van der Waals surface area contributed by atoms with E-state index in [1.165, 1.54) is 11.3 Å². The van der Waals surface area contributed by atoms with Gasteiger partial charge in [-0.1, -0.05) is 6.92 Å². The van der Waals surface area contributed by atoms with Crippen molar-refractivity contribution in [2.24, 2.45) is 0 Å². The first-order chi connectivity index (χ1) is 13.0. The Morgan fingerprint density at radius 1 is 1.37 bits per heavy atom. The summed E-state index contributed by atoms with van der Waals surface area (Å²) in [7, 11) is 1.63. The molecule has 0 aliphatic carbocycles. The van der Waals surface area contributed by atoms with Crippen molar-refractivity contribution in [3.8, 4) is 17.0 Å². The molecular formula is C18H21N5O2S2. The van der Waals surface area contributed by atoms with Crippen LogP contribution in [0.5, 0.6) is 5.75 Å². The van der Waals surface area contributed by atoms with Crippen LogP contribution in [0.4, 0.5) is 5.13 Å². The first kappa shape index (κ1) is 19.2. The molecule has 0 unspecified atom stereocenters. The van der Waals surface area contributed by atoms with E-state index in [1.54, 1.807) is 11.7 Å². The van der Waals surface area contributed by atoms with Crippen molar-refractivity contribution >= 4 is 34.6 Å². The minimum atomic E-state index is -0.181. The molecule has 2 aromatic heterocycles. The van der Waals surface area contributed by atoms with Gasteiger partial charge >= 0.3 is 0 Å². The number of carbonyl (C=O) groups is 1. The van der Waals surface area contributed by atoms with Crippen molar-refractivity contribution in [2.45, 2.75) is 33.2 Å². The van der Waals surface area contributed by atoms with Crippen LogP contribution in [0.2, 0.25) is 0 Å². The molecule has 2 N–H and O–H groups in total. The quantitative estimate of drug-likeness (QED) is 0.583. The number of methoxy groups -OCH3 is 1. The SMILES string of the molecule is CCCc1n[nH]c(=S)n1CC(=O)Nc1nc(-c2ccc(OC)cc2)c(C)s1. The third-order valence-corrected chi connectivity index (χ3v) is 5.22. The van der Waals surface area contributed by atoms with Crippen LogP contribution in [0.1, 0.15) is 24.0 Å². The van der Waals surface area contributed by atoms with Crippen molar-refractivity contribution in [3.63, 3.8) is 0 Å². The highest BCUT2D eigenvalue weighted by molar-refractivity contribution is 7.71. The number of nitrogens with one attached hydrogen (secondary N) is 2.